The van der Waals surface area contributed by atoms with Crippen molar-refractivity contribution in [3.05, 3.63) is 194 Å². The maximum Gasteiger partial charge on any atom is 2.00 e. The van der Waals surface area contributed by atoms with Gasteiger partial charge in [0.15, 0.2) is 0 Å². The second kappa shape index (κ2) is 16.8. The van der Waals surface area contributed by atoms with Gasteiger partial charge in [-0.05, 0) is 82.2 Å². The number of hydrogen-bond acceptors (Lipinski definition) is 0. The van der Waals surface area contributed by atoms with Crippen molar-refractivity contribution in [2.24, 2.45) is 0 Å². The molecule has 0 heterocycles. The van der Waals surface area contributed by atoms with Gasteiger partial charge >= 0.3 is 19.5 Å². The molecule has 0 aromatic heterocycles. The van der Waals surface area contributed by atoms with Gasteiger partial charge in [-0.15, -0.1) is 0 Å². The standard InChI is InChI=1S/C44H32P2.2ClH.Ru/c1-5-19-35(20-6-1)45(36-21-7-2-8-22-36)41-31-29-33-17-13-15-27-39(33)43(41)44-40-28-16-14-18-34(40)30-32-42(44)46(37-23-9-3-10-24-37)38-25-11-4-12-26-38;;;/h1-32H;2*1H;/q;;;+2. The Bertz CT molecular complexity index is 2020. The van der Waals surface area contributed by atoms with Gasteiger partial charge in [-0.25, -0.2) is 0 Å². The van der Waals surface area contributed by atoms with Crippen LogP contribution >= 0.6 is 15.8 Å². The molecule has 0 spiro atoms. The van der Waals surface area contributed by atoms with Crippen molar-refractivity contribution < 1.29 is 44.3 Å². The van der Waals surface area contributed by atoms with Crippen LogP contribution in [0.2, 0.25) is 0 Å². The van der Waals surface area contributed by atoms with Gasteiger partial charge in [-0.2, -0.15) is 0 Å². The van der Waals surface area contributed by atoms with E-state index in [1.54, 1.807) is 0 Å². The summed E-state index contributed by atoms with van der Waals surface area (Å²) in [5, 5.41) is 13.6. The zero-order valence-corrected chi connectivity index (χ0v) is 31.8. The molecule has 0 N–H and O–H groups in total. The summed E-state index contributed by atoms with van der Waals surface area (Å²) in [6, 6.07) is 72.2. The van der Waals surface area contributed by atoms with Crippen LogP contribution in [0.15, 0.2) is 194 Å². The third-order valence-electron chi connectivity index (χ3n) is 8.90. The van der Waals surface area contributed by atoms with Crippen LogP contribution in [0.5, 0.6) is 0 Å². The van der Waals surface area contributed by atoms with Gasteiger partial charge in [-0.1, -0.05) is 133 Å². The summed E-state index contributed by atoms with van der Waals surface area (Å²) in [6.07, 6.45) is 0. The summed E-state index contributed by atoms with van der Waals surface area (Å²) >= 11 is 0. The zero-order chi connectivity index (χ0) is 30.7. The van der Waals surface area contributed by atoms with Gasteiger partial charge in [0.1, 0.15) is 31.8 Å². The fourth-order valence-corrected chi connectivity index (χ4v) is 12.4. The van der Waals surface area contributed by atoms with Crippen LogP contribution in [0.25, 0.3) is 32.7 Å². The quantitative estimate of drug-likeness (QED) is 0.172. The topological polar surface area (TPSA) is 0 Å². The Balaban J connectivity index is 0.00000156. The Hall–Kier alpha value is -3.66. The minimum Gasteiger partial charge on any atom is -1.00 e. The Morgan fingerprint density at radius 3 is 0.837 bits per heavy atom. The molecule has 0 aliphatic heterocycles. The van der Waals surface area contributed by atoms with E-state index in [0.717, 1.165) is 0 Å². The van der Waals surface area contributed by atoms with Crippen LogP contribution in [0, 0.1) is 0 Å². The smallest absolute Gasteiger partial charge is 1.00 e. The average molecular weight is 797 g/mol. The molecule has 8 aromatic carbocycles. The van der Waals surface area contributed by atoms with Gasteiger partial charge in [0.2, 0.25) is 0 Å². The maximum absolute atomic E-state index is 2.44. The third-order valence-corrected chi connectivity index (χ3v) is 14.4. The number of benzene rings is 8. The van der Waals surface area contributed by atoms with E-state index in [1.807, 2.05) is 0 Å². The van der Waals surface area contributed by atoms with Gasteiger partial charge in [0.25, 0.3) is 0 Å². The third kappa shape index (κ3) is 7.30. The first-order chi connectivity index (χ1) is 22.9. The van der Waals surface area contributed by atoms with Crippen molar-refractivity contribution in [2.45, 2.75) is 0 Å². The van der Waals surface area contributed by atoms with Crippen LogP contribution in [0.4, 0.5) is 0 Å². The number of fused-ring (bicyclic) bond motifs is 2. The predicted molar refractivity (Wildman–Crippen MR) is 207 cm³/mol. The molecule has 0 fully saturated rings. The Morgan fingerprint density at radius 2 is 0.531 bits per heavy atom. The molecule has 0 nitrogen and oxygen atoms in total. The maximum atomic E-state index is 2.44. The molecule has 8 rings (SSSR count). The van der Waals surface area contributed by atoms with Gasteiger partial charge in [0.05, 0.1) is 15.8 Å². The molecule has 0 radical (unpaired) electrons. The van der Waals surface area contributed by atoms with E-state index in [1.165, 1.54) is 64.5 Å². The Kier molecular flexibility index (Phi) is 12.6. The summed E-state index contributed by atoms with van der Waals surface area (Å²) in [6.45, 7) is 0. The van der Waals surface area contributed by atoms with E-state index in [0.29, 0.717) is 0 Å². The van der Waals surface area contributed by atoms with E-state index < -0.39 is 15.8 Å². The molecule has 0 saturated carbocycles. The minimum atomic E-state index is -1.37. The van der Waals surface area contributed by atoms with Gasteiger partial charge < -0.3 is 24.8 Å². The summed E-state index contributed by atoms with van der Waals surface area (Å²) in [7, 11) is -2.74. The molecular weight excluding hydrogens is 762 g/mol. The van der Waals surface area contributed by atoms with Gasteiger partial charge in [0, 0.05) is 11.1 Å². The van der Waals surface area contributed by atoms with E-state index >= 15 is 0 Å². The SMILES string of the molecule is [Cl-].[Cl-].[Ru+2].c1ccc([PH+](c2ccccc2)c2ccc3ccccc3c2-c2c([PH+](c3ccccc3)c3ccccc3)ccc3ccccc23)cc1. The van der Waals surface area contributed by atoms with E-state index in [4.69, 9.17) is 0 Å². The molecule has 5 heteroatoms. The summed E-state index contributed by atoms with van der Waals surface area (Å²) in [4.78, 5) is 0. The molecule has 0 atom stereocenters. The van der Waals surface area contributed by atoms with Crippen molar-refractivity contribution in [3.8, 4) is 11.1 Å². The molecule has 8 aromatic rings. The molecular formula is C44H34Cl2P2Ru+2. The first-order valence-corrected chi connectivity index (χ1v) is 18.9. The van der Waals surface area contributed by atoms with Crippen molar-refractivity contribution in [3.63, 3.8) is 0 Å². The Labute approximate surface area is 316 Å². The first kappa shape index (κ1) is 36.6. The fourth-order valence-electron chi connectivity index (χ4n) is 6.87. The average Bonchev–Trinajstić information content (AvgIpc) is 3.14. The zero-order valence-electron chi connectivity index (χ0n) is 26.6. The molecule has 0 amide bonds. The second-order valence-electron chi connectivity index (χ2n) is 11.6. The van der Waals surface area contributed by atoms with E-state index in [-0.39, 0.29) is 44.3 Å². The molecule has 0 bridgehead atoms. The van der Waals surface area contributed by atoms with Crippen LogP contribution in [0.1, 0.15) is 0 Å². The molecule has 0 aliphatic rings. The molecule has 0 saturated heterocycles. The van der Waals surface area contributed by atoms with E-state index in [2.05, 4.69) is 194 Å². The van der Waals surface area contributed by atoms with Crippen molar-refractivity contribution in [1.29, 1.82) is 0 Å². The summed E-state index contributed by atoms with van der Waals surface area (Å²) in [5.74, 6) is 0. The fraction of sp³-hybridized carbons (Fsp3) is 0. The molecule has 240 valence electrons. The van der Waals surface area contributed by atoms with E-state index in [9.17, 15) is 0 Å². The van der Waals surface area contributed by atoms with Gasteiger partial charge in [-0.3, -0.25) is 0 Å². The van der Waals surface area contributed by atoms with Crippen LogP contribution < -0.4 is 56.6 Å². The normalized spacial score (nSPS) is 10.7. The number of rotatable bonds is 7. The predicted octanol–water partition coefficient (Wildman–Crippen LogP) is 2.65. The number of halogens is 2. The summed E-state index contributed by atoms with van der Waals surface area (Å²) in [5.41, 5.74) is 2.75. The van der Waals surface area contributed by atoms with Crippen molar-refractivity contribution in [2.75, 3.05) is 0 Å². The monoisotopic (exact) mass is 796 g/mol. The van der Waals surface area contributed by atoms with Crippen LogP contribution in [0.3, 0.4) is 0 Å². The van der Waals surface area contributed by atoms with Crippen LogP contribution in [-0.2, 0) is 19.5 Å². The Morgan fingerprint density at radius 1 is 0.265 bits per heavy atom. The number of hydrogen-bond donors (Lipinski definition) is 0. The van der Waals surface area contributed by atoms with Crippen LogP contribution in [-0.4, -0.2) is 0 Å². The first-order valence-electron chi connectivity index (χ1n) is 15.9. The van der Waals surface area contributed by atoms with Crippen molar-refractivity contribution in [1.82, 2.24) is 0 Å². The minimum absolute atomic E-state index is 0. The second-order valence-corrected chi connectivity index (χ2v) is 16.5. The van der Waals surface area contributed by atoms with Crippen molar-refractivity contribution >= 4 is 69.2 Å². The molecule has 0 aliphatic carbocycles. The summed E-state index contributed by atoms with van der Waals surface area (Å²) < 4.78 is 0. The molecule has 0 unspecified atom stereocenters. The largest absolute Gasteiger partial charge is 2.00 e. The molecule has 49 heavy (non-hydrogen) atoms.